The molecular weight excluding hydrogens is 466 g/mol. The van der Waals surface area contributed by atoms with Crippen LogP contribution in [0.15, 0.2) is 77.7 Å². The number of nitrogens with one attached hydrogen (secondary N) is 2. The fraction of sp³-hybridized carbons (Fsp3) is 0.231. The van der Waals surface area contributed by atoms with Gasteiger partial charge in [0.1, 0.15) is 0 Å². The Labute approximate surface area is 206 Å². The van der Waals surface area contributed by atoms with Crippen molar-refractivity contribution in [1.29, 1.82) is 0 Å². The Morgan fingerprint density at radius 3 is 2.11 bits per heavy atom. The van der Waals surface area contributed by atoms with Crippen LogP contribution in [-0.2, 0) is 14.8 Å². The smallest absolute Gasteiger partial charge is 0.411 e. The molecule has 0 aliphatic rings. The third-order valence-corrected chi connectivity index (χ3v) is 6.89. The van der Waals surface area contributed by atoms with E-state index in [-0.39, 0.29) is 16.7 Å². The third-order valence-electron chi connectivity index (χ3n) is 5.09. The van der Waals surface area contributed by atoms with E-state index in [0.29, 0.717) is 29.2 Å². The summed E-state index contributed by atoms with van der Waals surface area (Å²) >= 11 is 0. The maximum absolute atomic E-state index is 12.9. The summed E-state index contributed by atoms with van der Waals surface area (Å²) in [6.07, 6.45) is -0.567. The monoisotopic (exact) mass is 495 g/mol. The molecule has 0 aliphatic heterocycles. The van der Waals surface area contributed by atoms with E-state index in [9.17, 15) is 18.0 Å². The van der Waals surface area contributed by atoms with Crippen LogP contribution in [0.25, 0.3) is 0 Å². The summed E-state index contributed by atoms with van der Waals surface area (Å²) in [6.45, 7) is 6.08. The van der Waals surface area contributed by atoms with Crippen LogP contribution < -0.4 is 14.9 Å². The number of rotatable bonds is 8. The van der Waals surface area contributed by atoms with Crippen molar-refractivity contribution in [2.45, 2.75) is 25.7 Å². The molecule has 2 amide bonds. The van der Waals surface area contributed by atoms with Crippen LogP contribution in [0.2, 0.25) is 0 Å². The number of amides is 2. The summed E-state index contributed by atoms with van der Waals surface area (Å²) in [5.74, 6) is -0.152. The molecule has 35 heavy (non-hydrogen) atoms. The van der Waals surface area contributed by atoms with E-state index >= 15 is 0 Å². The predicted octanol–water partition coefficient (Wildman–Crippen LogP) is 5.28. The number of carbonyl (C=O) groups is 2. The molecular formula is C26H29N3O5S. The number of hydrogen-bond acceptors (Lipinski definition) is 5. The molecule has 184 valence electrons. The lowest BCUT2D eigenvalue weighted by atomic mass is 10.2. The first-order valence-corrected chi connectivity index (χ1v) is 12.5. The van der Waals surface area contributed by atoms with Crippen molar-refractivity contribution in [3.05, 3.63) is 83.9 Å². The van der Waals surface area contributed by atoms with Crippen molar-refractivity contribution in [2.75, 3.05) is 28.6 Å². The largest absolute Gasteiger partial charge is 0.449 e. The maximum Gasteiger partial charge on any atom is 0.411 e. The summed E-state index contributed by atoms with van der Waals surface area (Å²) in [5, 5.41) is 5.40. The molecule has 0 unspecified atom stereocenters. The highest BCUT2D eigenvalue weighted by Gasteiger charge is 2.21. The van der Waals surface area contributed by atoms with Crippen molar-refractivity contribution in [1.82, 2.24) is 0 Å². The molecule has 0 bridgehead atoms. The highest BCUT2D eigenvalue weighted by Crippen LogP contribution is 2.23. The number of sulfonamides is 1. The Bertz CT molecular complexity index is 1290. The van der Waals surface area contributed by atoms with Gasteiger partial charge in [0.25, 0.3) is 15.9 Å². The molecule has 0 spiro atoms. The topological polar surface area (TPSA) is 105 Å². The molecule has 3 aromatic carbocycles. The van der Waals surface area contributed by atoms with Gasteiger partial charge in [-0.25, -0.2) is 13.2 Å². The van der Waals surface area contributed by atoms with Crippen molar-refractivity contribution in [3.8, 4) is 0 Å². The normalized spacial score (nSPS) is 11.1. The van der Waals surface area contributed by atoms with Gasteiger partial charge in [-0.1, -0.05) is 37.6 Å². The van der Waals surface area contributed by atoms with Crippen molar-refractivity contribution in [2.24, 2.45) is 5.92 Å². The predicted molar refractivity (Wildman–Crippen MR) is 137 cm³/mol. The molecule has 9 heteroatoms. The summed E-state index contributed by atoms with van der Waals surface area (Å²) in [4.78, 5) is 24.8. The Morgan fingerprint density at radius 1 is 0.914 bits per heavy atom. The second kappa shape index (κ2) is 11.1. The van der Waals surface area contributed by atoms with Gasteiger partial charge in [0, 0.05) is 24.0 Å². The minimum atomic E-state index is -3.73. The molecule has 0 saturated carbocycles. The van der Waals surface area contributed by atoms with Crippen LogP contribution in [0.1, 0.15) is 29.8 Å². The first kappa shape index (κ1) is 25.8. The molecule has 2 N–H and O–H groups in total. The van der Waals surface area contributed by atoms with Crippen LogP contribution in [0, 0.1) is 12.8 Å². The molecule has 0 radical (unpaired) electrons. The van der Waals surface area contributed by atoms with Gasteiger partial charge in [0.05, 0.1) is 17.2 Å². The fourth-order valence-corrected chi connectivity index (χ4v) is 4.30. The van der Waals surface area contributed by atoms with Crippen molar-refractivity contribution < 1.29 is 22.7 Å². The van der Waals surface area contributed by atoms with Crippen molar-refractivity contribution in [3.63, 3.8) is 0 Å². The summed E-state index contributed by atoms with van der Waals surface area (Å²) in [7, 11) is -2.26. The molecule has 3 aromatic rings. The van der Waals surface area contributed by atoms with Crippen LogP contribution in [0.3, 0.4) is 0 Å². The SMILES string of the molecule is Cc1ccc(S(=O)(=O)N(C)c2ccc(C(=O)Nc3cccc(NC(=O)OCC(C)C)c3)cc2)cc1. The zero-order valence-electron chi connectivity index (χ0n) is 20.1. The zero-order valence-corrected chi connectivity index (χ0v) is 20.9. The number of ether oxygens (including phenoxy) is 1. The van der Waals surface area contributed by atoms with Gasteiger partial charge in [0.15, 0.2) is 0 Å². The Kier molecular flexibility index (Phi) is 8.14. The molecule has 0 heterocycles. The minimum absolute atomic E-state index is 0.189. The molecule has 8 nitrogen and oxygen atoms in total. The number of benzene rings is 3. The highest BCUT2D eigenvalue weighted by molar-refractivity contribution is 7.92. The Balaban J connectivity index is 1.66. The maximum atomic E-state index is 12.9. The van der Waals surface area contributed by atoms with Gasteiger partial charge >= 0.3 is 6.09 Å². The van der Waals surface area contributed by atoms with E-state index in [0.717, 1.165) is 5.56 Å². The lowest BCUT2D eigenvalue weighted by Gasteiger charge is -2.20. The first-order valence-electron chi connectivity index (χ1n) is 11.1. The third kappa shape index (κ3) is 6.83. The van der Waals surface area contributed by atoms with E-state index in [1.54, 1.807) is 72.8 Å². The molecule has 0 aliphatic carbocycles. The molecule has 0 saturated heterocycles. The molecule has 0 aromatic heterocycles. The van der Waals surface area contributed by atoms with E-state index in [1.165, 1.54) is 11.4 Å². The molecule has 3 rings (SSSR count). The van der Waals surface area contributed by atoms with Crippen LogP contribution in [-0.4, -0.2) is 34.1 Å². The average molecular weight is 496 g/mol. The Morgan fingerprint density at radius 2 is 1.51 bits per heavy atom. The van der Waals surface area contributed by atoms with E-state index < -0.39 is 16.1 Å². The van der Waals surface area contributed by atoms with E-state index in [2.05, 4.69) is 10.6 Å². The first-order chi connectivity index (χ1) is 16.6. The summed E-state index contributed by atoms with van der Waals surface area (Å²) < 4.78 is 32.1. The number of aryl methyl sites for hydroxylation is 1. The van der Waals surface area contributed by atoms with Gasteiger partial charge in [-0.2, -0.15) is 0 Å². The quantitative estimate of drug-likeness (QED) is 0.443. The van der Waals surface area contributed by atoms with Gasteiger partial charge in [-0.15, -0.1) is 0 Å². The zero-order chi connectivity index (χ0) is 25.6. The van der Waals surface area contributed by atoms with Gasteiger partial charge in [-0.05, 0) is 67.4 Å². The molecule has 0 atom stereocenters. The summed E-state index contributed by atoms with van der Waals surface area (Å²) in [5.41, 5.74) is 2.71. The minimum Gasteiger partial charge on any atom is -0.449 e. The van der Waals surface area contributed by atoms with Crippen molar-refractivity contribution >= 4 is 39.1 Å². The highest BCUT2D eigenvalue weighted by atomic mass is 32.2. The molecule has 0 fully saturated rings. The average Bonchev–Trinajstić information content (AvgIpc) is 2.83. The van der Waals surface area contributed by atoms with Crippen LogP contribution in [0.4, 0.5) is 21.9 Å². The summed E-state index contributed by atoms with van der Waals surface area (Å²) in [6, 6.07) is 19.6. The fourth-order valence-electron chi connectivity index (χ4n) is 3.10. The van der Waals surface area contributed by atoms with Crippen LogP contribution in [0.5, 0.6) is 0 Å². The van der Waals surface area contributed by atoms with Gasteiger partial charge < -0.3 is 10.1 Å². The lowest BCUT2D eigenvalue weighted by Crippen LogP contribution is -2.26. The number of carbonyl (C=O) groups excluding carboxylic acids is 2. The number of anilines is 3. The second-order valence-corrected chi connectivity index (χ2v) is 10.5. The van der Waals surface area contributed by atoms with Crippen LogP contribution >= 0.6 is 0 Å². The number of hydrogen-bond donors (Lipinski definition) is 2. The van der Waals surface area contributed by atoms with Gasteiger partial charge in [-0.3, -0.25) is 14.4 Å². The standard InChI is InChI=1S/C26H29N3O5S/c1-18(2)17-34-26(31)28-22-7-5-6-21(16-22)27-25(30)20-10-12-23(13-11-20)29(4)35(32,33)24-14-8-19(3)9-15-24/h5-16,18H,17H2,1-4H3,(H,27,30)(H,28,31). The van der Waals surface area contributed by atoms with E-state index in [4.69, 9.17) is 4.74 Å². The Hall–Kier alpha value is -3.85. The van der Waals surface area contributed by atoms with E-state index in [1.807, 2.05) is 20.8 Å². The number of nitrogens with zero attached hydrogens (tertiary/aromatic N) is 1. The van der Waals surface area contributed by atoms with Gasteiger partial charge in [0.2, 0.25) is 0 Å². The second-order valence-electron chi connectivity index (χ2n) is 8.48. The lowest BCUT2D eigenvalue weighted by molar-refractivity contribution is 0.102.